The lowest BCUT2D eigenvalue weighted by Crippen LogP contribution is -2.50. The summed E-state index contributed by atoms with van der Waals surface area (Å²) in [6.07, 6.45) is -0.0952. The van der Waals surface area contributed by atoms with Gasteiger partial charge >= 0.3 is 6.09 Å². The first-order valence-electron chi connectivity index (χ1n) is 5.04. The van der Waals surface area contributed by atoms with E-state index in [1.165, 1.54) is 0 Å². The quantitative estimate of drug-likeness (QED) is 0.712. The zero-order valence-corrected chi connectivity index (χ0v) is 10.4. The summed E-state index contributed by atoms with van der Waals surface area (Å²) >= 11 is 0. The van der Waals surface area contributed by atoms with Crippen LogP contribution in [0, 0.1) is 0 Å². The number of amides is 1. The molecule has 1 saturated carbocycles. The van der Waals surface area contributed by atoms with Gasteiger partial charge in [-0.05, 0) is 33.6 Å². The number of hydrogen-bond donors (Lipinski definition) is 2. The van der Waals surface area contributed by atoms with Crippen LogP contribution in [0.1, 0.15) is 33.6 Å². The van der Waals surface area contributed by atoms with Crippen molar-refractivity contribution in [1.29, 1.82) is 0 Å². The van der Waals surface area contributed by atoms with Crippen molar-refractivity contribution in [3.05, 3.63) is 0 Å². The van der Waals surface area contributed by atoms with Gasteiger partial charge < -0.3 is 10.1 Å². The van der Waals surface area contributed by atoms with Gasteiger partial charge in [-0.1, -0.05) is 0 Å². The number of alkyl carbamates (subject to hydrolysis) is 1. The predicted molar refractivity (Wildman–Crippen MR) is 57.7 cm³/mol. The summed E-state index contributed by atoms with van der Waals surface area (Å²) in [5.74, 6) is 0. The summed E-state index contributed by atoms with van der Waals surface area (Å²) in [6, 6.07) is -0.234. The van der Waals surface area contributed by atoms with E-state index >= 15 is 0 Å². The Balaban J connectivity index is 2.31. The van der Waals surface area contributed by atoms with Crippen LogP contribution in [0.3, 0.4) is 0 Å². The highest BCUT2D eigenvalue weighted by Gasteiger charge is 2.39. The molecule has 1 fully saturated rings. The van der Waals surface area contributed by atoms with Gasteiger partial charge in [0.25, 0.3) is 10.1 Å². The average Bonchev–Trinajstić information content (AvgIpc) is 1.89. The largest absolute Gasteiger partial charge is 0.444 e. The fourth-order valence-corrected chi connectivity index (χ4v) is 2.35. The molecule has 16 heavy (non-hydrogen) atoms. The highest BCUT2D eigenvalue weighted by Crippen LogP contribution is 2.26. The molecule has 0 unspecified atom stereocenters. The van der Waals surface area contributed by atoms with Gasteiger partial charge in [-0.25, -0.2) is 4.79 Å². The van der Waals surface area contributed by atoms with E-state index in [1.807, 2.05) is 0 Å². The molecule has 6 nitrogen and oxygen atoms in total. The standard InChI is InChI=1S/C9H17NO5S/c1-9(2,3)15-8(11)10-6-4-7(5-6)16(12,13)14/h6-7H,4-5H2,1-3H3,(H,10,11)(H,12,13,14). The monoisotopic (exact) mass is 251 g/mol. The Labute approximate surface area is 95.1 Å². The molecule has 0 aromatic heterocycles. The van der Waals surface area contributed by atoms with Gasteiger partial charge in [0.2, 0.25) is 0 Å². The Bertz CT molecular complexity index is 364. The summed E-state index contributed by atoms with van der Waals surface area (Å²) in [6.45, 7) is 5.23. The van der Waals surface area contributed by atoms with E-state index < -0.39 is 27.1 Å². The van der Waals surface area contributed by atoms with Crippen LogP contribution in [0.5, 0.6) is 0 Å². The van der Waals surface area contributed by atoms with Gasteiger partial charge in [-0.2, -0.15) is 8.42 Å². The van der Waals surface area contributed by atoms with Crippen molar-refractivity contribution in [2.75, 3.05) is 0 Å². The second-order valence-electron chi connectivity index (χ2n) is 4.95. The third-order valence-electron chi connectivity index (χ3n) is 2.24. The van der Waals surface area contributed by atoms with Crippen molar-refractivity contribution in [2.24, 2.45) is 0 Å². The molecular weight excluding hydrogens is 234 g/mol. The molecule has 2 N–H and O–H groups in total. The zero-order chi connectivity index (χ0) is 12.6. The smallest absolute Gasteiger partial charge is 0.407 e. The molecule has 0 spiro atoms. The van der Waals surface area contributed by atoms with Gasteiger partial charge in [0.05, 0.1) is 5.25 Å². The molecule has 0 aliphatic heterocycles. The van der Waals surface area contributed by atoms with Crippen LogP contribution in [0.4, 0.5) is 4.79 Å². The Morgan fingerprint density at radius 2 is 1.88 bits per heavy atom. The molecule has 1 aliphatic rings. The summed E-state index contributed by atoms with van der Waals surface area (Å²) in [5, 5.41) is 1.78. The Morgan fingerprint density at radius 3 is 2.25 bits per heavy atom. The number of ether oxygens (including phenoxy) is 1. The summed E-state index contributed by atoms with van der Waals surface area (Å²) < 4.78 is 35.1. The number of nitrogens with one attached hydrogen (secondary N) is 1. The van der Waals surface area contributed by atoms with Crippen molar-refractivity contribution in [3.63, 3.8) is 0 Å². The van der Waals surface area contributed by atoms with Crippen molar-refractivity contribution in [1.82, 2.24) is 5.32 Å². The number of hydrogen-bond acceptors (Lipinski definition) is 4. The number of carbonyl (C=O) groups is 1. The van der Waals surface area contributed by atoms with Crippen LogP contribution in [-0.2, 0) is 14.9 Å². The molecule has 1 rings (SSSR count). The first-order valence-corrected chi connectivity index (χ1v) is 6.54. The molecule has 1 amide bonds. The van der Waals surface area contributed by atoms with Crippen LogP contribution in [-0.4, -0.2) is 36.0 Å². The van der Waals surface area contributed by atoms with E-state index in [-0.39, 0.29) is 18.9 Å². The first-order chi connectivity index (χ1) is 7.08. The third-order valence-corrected chi connectivity index (χ3v) is 3.46. The fraction of sp³-hybridized carbons (Fsp3) is 0.889. The van der Waals surface area contributed by atoms with E-state index in [4.69, 9.17) is 9.29 Å². The maximum absolute atomic E-state index is 11.3. The second-order valence-corrected chi connectivity index (χ2v) is 6.65. The van der Waals surface area contributed by atoms with Crippen molar-refractivity contribution in [3.8, 4) is 0 Å². The van der Waals surface area contributed by atoms with Gasteiger partial charge in [-0.15, -0.1) is 0 Å². The molecule has 0 aromatic rings. The minimum Gasteiger partial charge on any atom is -0.444 e. The molecule has 0 heterocycles. The Kier molecular flexibility index (Phi) is 3.49. The second kappa shape index (κ2) is 4.21. The average molecular weight is 251 g/mol. The maximum atomic E-state index is 11.3. The lowest BCUT2D eigenvalue weighted by atomic mass is 9.92. The normalized spacial score (nSPS) is 25.8. The topological polar surface area (TPSA) is 92.7 Å². The fourth-order valence-electron chi connectivity index (χ4n) is 1.40. The summed E-state index contributed by atoms with van der Waals surface area (Å²) in [5.41, 5.74) is -0.573. The van der Waals surface area contributed by atoms with Crippen LogP contribution in [0.15, 0.2) is 0 Å². The molecule has 0 bridgehead atoms. The molecule has 0 radical (unpaired) electrons. The van der Waals surface area contributed by atoms with Crippen molar-refractivity contribution in [2.45, 2.75) is 50.5 Å². The minimum absolute atomic E-state index is 0.234. The highest BCUT2D eigenvalue weighted by molar-refractivity contribution is 7.86. The van der Waals surface area contributed by atoms with Gasteiger partial charge in [0.1, 0.15) is 5.60 Å². The molecule has 0 atom stereocenters. The SMILES string of the molecule is CC(C)(C)OC(=O)NC1CC(S(=O)(=O)O)C1. The van der Waals surface area contributed by atoms with Crippen molar-refractivity contribution < 1.29 is 22.5 Å². The van der Waals surface area contributed by atoms with Crippen LogP contribution < -0.4 is 5.32 Å². The first kappa shape index (κ1) is 13.2. The molecule has 0 aromatic carbocycles. The summed E-state index contributed by atoms with van der Waals surface area (Å²) in [4.78, 5) is 11.3. The molecule has 1 aliphatic carbocycles. The van der Waals surface area contributed by atoms with Crippen LogP contribution >= 0.6 is 0 Å². The Morgan fingerprint density at radius 1 is 1.38 bits per heavy atom. The van der Waals surface area contributed by atoms with E-state index in [9.17, 15) is 13.2 Å². The van der Waals surface area contributed by atoms with Gasteiger partial charge in [-0.3, -0.25) is 4.55 Å². The van der Waals surface area contributed by atoms with Crippen molar-refractivity contribution >= 4 is 16.2 Å². The van der Waals surface area contributed by atoms with E-state index in [0.717, 1.165) is 0 Å². The third kappa shape index (κ3) is 3.97. The van der Waals surface area contributed by atoms with Gasteiger partial charge in [0.15, 0.2) is 0 Å². The van der Waals surface area contributed by atoms with E-state index in [1.54, 1.807) is 20.8 Å². The van der Waals surface area contributed by atoms with Gasteiger partial charge in [0, 0.05) is 6.04 Å². The highest BCUT2D eigenvalue weighted by atomic mass is 32.2. The number of rotatable bonds is 2. The maximum Gasteiger partial charge on any atom is 0.407 e. The lowest BCUT2D eigenvalue weighted by Gasteiger charge is -2.33. The summed E-state index contributed by atoms with van der Waals surface area (Å²) in [7, 11) is -3.96. The predicted octanol–water partition coefficient (Wildman–Crippen LogP) is 0.930. The van der Waals surface area contributed by atoms with E-state index in [0.29, 0.717) is 0 Å². The molecular formula is C9H17NO5S. The van der Waals surface area contributed by atoms with E-state index in [2.05, 4.69) is 5.32 Å². The Hall–Kier alpha value is -0.820. The molecule has 0 saturated heterocycles. The van der Waals surface area contributed by atoms with Crippen LogP contribution in [0.25, 0.3) is 0 Å². The lowest BCUT2D eigenvalue weighted by molar-refractivity contribution is 0.0479. The van der Waals surface area contributed by atoms with Crippen LogP contribution in [0.2, 0.25) is 0 Å². The number of carbonyl (C=O) groups excluding carboxylic acids is 1. The molecule has 94 valence electrons. The molecule has 7 heteroatoms. The zero-order valence-electron chi connectivity index (χ0n) is 9.56. The minimum atomic E-state index is -3.96.